The fourth-order valence-electron chi connectivity index (χ4n) is 3.03. The molecule has 1 N–H and O–H groups in total. The largest absolute Gasteiger partial charge is 0.478 e. The van der Waals surface area contributed by atoms with E-state index in [0.717, 1.165) is 50.9 Å². The van der Waals surface area contributed by atoms with Gasteiger partial charge in [0.25, 0.3) is 0 Å². The number of hydrogen-bond acceptors (Lipinski definition) is 3. The fraction of sp³-hybridized carbons (Fsp3) is 0.533. The molecule has 0 radical (unpaired) electrons. The van der Waals surface area contributed by atoms with E-state index in [2.05, 4.69) is 4.90 Å². The molecule has 1 fully saturated rings. The summed E-state index contributed by atoms with van der Waals surface area (Å²) in [5, 5.41) is 9.05. The lowest BCUT2D eigenvalue weighted by Gasteiger charge is -2.33. The first-order chi connectivity index (χ1) is 9.24. The summed E-state index contributed by atoms with van der Waals surface area (Å²) < 4.78 is 5.70. The van der Waals surface area contributed by atoms with Crippen LogP contribution in [0.15, 0.2) is 18.2 Å². The summed E-state index contributed by atoms with van der Waals surface area (Å²) in [6.45, 7) is 2.85. The number of carboxylic acids is 1. The minimum atomic E-state index is -0.848. The van der Waals surface area contributed by atoms with E-state index in [1.165, 1.54) is 5.69 Å². The molecule has 1 atom stereocenters. The quantitative estimate of drug-likeness (QED) is 0.907. The first-order valence-electron chi connectivity index (χ1n) is 6.97. The van der Waals surface area contributed by atoms with Crippen LogP contribution in [-0.4, -0.2) is 36.9 Å². The van der Waals surface area contributed by atoms with Gasteiger partial charge in [0.1, 0.15) is 0 Å². The van der Waals surface area contributed by atoms with Crippen LogP contribution in [0.2, 0.25) is 0 Å². The Kier molecular flexibility index (Phi) is 3.42. The number of anilines is 1. The summed E-state index contributed by atoms with van der Waals surface area (Å²) in [5.41, 5.74) is 2.73. The average molecular weight is 261 g/mol. The molecule has 1 aromatic carbocycles. The Balaban J connectivity index is 1.81. The van der Waals surface area contributed by atoms with Gasteiger partial charge in [-0.3, -0.25) is 0 Å². The molecular weight excluding hydrogens is 242 g/mol. The molecule has 4 nitrogen and oxygen atoms in total. The zero-order valence-electron chi connectivity index (χ0n) is 11.0. The molecule has 102 valence electrons. The summed E-state index contributed by atoms with van der Waals surface area (Å²) in [7, 11) is 0. The van der Waals surface area contributed by atoms with Gasteiger partial charge in [0.15, 0.2) is 0 Å². The zero-order chi connectivity index (χ0) is 13.2. The van der Waals surface area contributed by atoms with Crippen molar-refractivity contribution in [3.63, 3.8) is 0 Å². The van der Waals surface area contributed by atoms with Crippen LogP contribution in [0.5, 0.6) is 0 Å². The molecule has 3 rings (SSSR count). The number of ether oxygens (including phenoxy) is 1. The van der Waals surface area contributed by atoms with Gasteiger partial charge in [0, 0.05) is 25.4 Å². The number of fused-ring (bicyclic) bond motifs is 1. The average Bonchev–Trinajstić information content (AvgIpc) is 2.91. The second kappa shape index (κ2) is 5.21. The van der Waals surface area contributed by atoms with E-state index in [-0.39, 0.29) is 0 Å². The van der Waals surface area contributed by atoms with Crippen LogP contribution in [0.4, 0.5) is 5.69 Å². The predicted octanol–water partition coefficient (Wildman–Crippen LogP) is 2.32. The van der Waals surface area contributed by atoms with Crippen molar-refractivity contribution in [1.82, 2.24) is 0 Å². The van der Waals surface area contributed by atoms with Crippen molar-refractivity contribution in [3.05, 3.63) is 29.3 Å². The van der Waals surface area contributed by atoms with Crippen LogP contribution in [0, 0.1) is 0 Å². The van der Waals surface area contributed by atoms with Gasteiger partial charge in [-0.15, -0.1) is 0 Å². The molecular formula is C15H19NO3. The van der Waals surface area contributed by atoms with Crippen molar-refractivity contribution in [2.24, 2.45) is 0 Å². The molecule has 4 heteroatoms. The number of rotatable bonds is 3. The highest BCUT2D eigenvalue weighted by Crippen LogP contribution is 2.29. The van der Waals surface area contributed by atoms with Gasteiger partial charge < -0.3 is 14.7 Å². The van der Waals surface area contributed by atoms with Crippen LogP contribution in [0.25, 0.3) is 0 Å². The lowest BCUT2D eigenvalue weighted by Crippen LogP contribution is -2.36. The van der Waals surface area contributed by atoms with Crippen molar-refractivity contribution >= 4 is 11.7 Å². The Hall–Kier alpha value is -1.55. The lowest BCUT2D eigenvalue weighted by atomic mass is 9.98. The van der Waals surface area contributed by atoms with Crippen LogP contribution in [0.1, 0.15) is 35.2 Å². The lowest BCUT2D eigenvalue weighted by molar-refractivity contribution is 0.0696. The number of hydrogen-bond donors (Lipinski definition) is 1. The van der Waals surface area contributed by atoms with E-state index in [9.17, 15) is 4.79 Å². The minimum absolute atomic E-state index is 0.338. The molecule has 1 unspecified atom stereocenters. The van der Waals surface area contributed by atoms with Gasteiger partial charge in [0.2, 0.25) is 0 Å². The van der Waals surface area contributed by atoms with Crippen molar-refractivity contribution in [1.29, 1.82) is 0 Å². The third kappa shape index (κ3) is 2.59. The van der Waals surface area contributed by atoms with Gasteiger partial charge in [-0.05, 0) is 49.4 Å². The van der Waals surface area contributed by atoms with Crippen LogP contribution >= 0.6 is 0 Å². The Morgan fingerprint density at radius 1 is 1.42 bits per heavy atom. The maximum absolute atomic E-state index is 11.0. The smallest absolute Gasteiger partial charge is 0.335 e. The first-order valence-corrected chi connectivity index (χ1v) is 6.97. The molecule has 2 aliphatic rings. The SMILES string of the molecule is O=C(O)c1ccc2c(c1)CCCN2CC1CCCO1. The molecule has 0 amide bonds. The van der Waals surface area contributed by atoms with Gasteiger partial charge in [-0.2, -0.15) is 0 Å². The van der Waals surface area contributed by atoms with Crippen molar-refractivity contribution < 1.29 is 14.6 Å². The zero-order valence-corrected chi connectivity index (χ0v) is 11.0. The normalized spacial score (nSPS) is 22.3. The highest BCUT2D eigenvalue weighted by molar-refractivity contribution is 5.88. The Bertz CT molecular complexity index is 480. The van der Waals surface area contributed by atoms with Crippen LogP contribution < -0.4 is 4.90 Å². The molecule has 1 saturated heterocycles. The second-order valence-corrected chi connectivity index (χ2v) is 5.33. The molecule has 0 saturated carbocycles. The summed E-state index contributed by atoms with van der Waals surface area (Å²) in [5.74, 6) is -0.848. The predicted molar refractivity (Wildman–Crippen MR) is 72.9 cm³/mol. The monoisotopic (exact) mass is 261 g/mol. The fourth-order valence-corrected chi connectivity index (χ4v) is 3.03. The number of carboxylic acid groups (broad SMARTS) is 1. The van der Waals surface area contributed by atoms with E-state index < -0.39 is 5.97 Å². The second-order valence-electron chi connectivity index (χ2n) is 5.33. The molecule has 19 heavy (non-hydrogen) atoms. The number of benzene rings is 1. The van der Waals surface area contributed by atoms with Crippen LogP contribution in [0.3, 0.4) is 0 Å². The van der Waals surface area contributed by atoms with E-state index in [1.807, 2.05) is 12.1 Å². The number of carbonyl (C=O) groups is 1. The summed E-state index contributed by atoms with van der Waals surface area (Å²) in [6, 6.07) is 5.47. The standard InChI is InChI=1S/C15H19NO3/c17-15(18)12-5-6-14-11(9-12)3-1-7-16(14)10-13-4-2-8-19-13/h5-6,9,13H,1-4,7-8,10H2,(H,17,18). The first kappa shape index (κ1) is 12.5. The molecule has 0 aromatic heterocycles. The molecule has 0 spiro atoms. The topological polar surface area (TPSA) is 49.8 Å². The molecule has 0 bridgehead atoms. The van der Waals surface area contributed by atoms with Crippen molar-refractivity contribution in [2.45, 2.75) is 31.8 Å². The number of aryl methyl sites for hydroxylation is 1. The molecule has 1 aromatic rings. The highest BCUT2D eigenvalue weighted by atomic mass is 16.5. The Labute approximate surface area is 113 Å². The maximum atomic E-state index is 11.0. The summed E-state index contributed by atoms with van der Waals surface area (Å²) in [6.07, 6.45) is 4.69. The van der Waals surface area contributed by atoms with E-state index >= 15 is 0 Å². The van der Waals surface area contributed by atoms with Crippen molar-refractivity contribution in [2.75, 3.05) is 24.6 Å². The third-order valence-electron chi connectivity index (χ3n) is 3.99. The van der Waals surface area contributed by atoms with E-state index in [0.29, 0.717) is 11.7 Å². The van der Waals surface area contributed by atoms with E-state index in [1.54, 1.807) is 6.07 Å². The maximum Gasteiger partial charge on any atom is 0.335 e. The van der Waals surface area contributed by atoms with Crippen molar-refractivity contribution in [3.8, 4) is 0 Å². The highest BCUT2D eigenvalue weighted by Gasteiger charge is 2.23. The summed E-state index contributed by atoms with van der Waals surface area (Å²) >= 11 is 0. The van der Waals surface area contributed by atoms with Gasteiger partial charge in [-0.25, -0.2) is 4.79 Å². The number of nitrogens with zero attached hydrogens (tertiary/aromatic N) is 1. The third-order valence-corrected chi connectivity index (χ3v) is 3.99. The minimum Gasteiger partial charge on any atom is -0.478 e. The molecule has 2 aliphatic heterocycles. The van der Waals surface area contributed by atoms with Gasteiger partial charge in [-0.1, -0.05) is 0 Å². The summed E-state index contributed by atoms with van der Waals surface area (Å²) in [4.78, 5) is 13.4. The Morgan fingerprint density at radius 2 is 2.32 bits per heavy atom. The van der Waals surface area contributed by atoms with Gasteiger partial charge in [0.05, 0.1) is 11.7 Å². The van der Waals surface area contributed by atoms with Gasteiger partial charge >= 0.3 is 5.97 Å². The molecule has 2 heterocycles. The number of aromatic carboxylic acids is 1. The Morgan fingerprint density at radius 3 is 3.05 bits per heavy atom. The van der Waals surface area contributed by atoms with Crippen LogP contribution in [-0.2, 0) is 11.2 Å². The van der Waals surface area contributed by atoms with E-state index in [4.69, 9.17) is 9.84 Å². The molecule has 0 aliphatic carbocycles.